The summed E-state index contributed by atoms with van der Waals surface area (Å²) in [6.45, 7) is 2.31. The fourth-order valence-corrected chi connectivity index (χ4v) is 2.90. The van der Waals surface area contributed by atoms with Crippen molar-refractivity contribution in [1.82, 2.24) is 15.5 Å². The van der Waals surface area contributed by atoms with Gasteiger partial charge in [-0.05, 0) is 49.7 Å². The molecule has 3 aromatic rings. The van der Waals surface area contributed by atoms with E-state index in [9.17, 15) is 9.59 Å². The van der Waals surface area contributed by atoms with Crippen LogP contribution in [0.15, 0.2) is 53.1 Å². The average molecular weight is 438 g/mol. The molecule has 9 nitrogen and oxygen atoms in total. The molecule has 0 unspecified atom stereocenters. The third-order valence-corrected chi connectivity index (χ3v) is 4.47. The average Bonchev–Trinajstić information content (AvgIpc) is 3.27. The second-order valence-corrected chi connectivity index (χ2v) is 6.91. The number of nitrogens with zero attached hydrogens (tertiary/aromatic N) is 2. The second-order valence-electron chi connectivity index (χ2n) is 6.91. The summed E-state index contributed by atoms with van der Waals surface area (Å²) in [5.41, 5.74) is 1.43. The van der Waals surface area contributed by atoms with Crippen molar-refractivity contribution >= 4 is 17.5 Å². The summed E-state index contributed by atoms with van der Waals surface area (Å²) in [4.78, 5) is 28.1. The summed E-state index contributed by atoms with van der Waals surface area (Å²) >= 11 is 0. The van der Waals surface area contributed by atoms with E-state index < -0.39 is 0 Å². The maximum absolute atomic E-state index is 12.3. The number of aromatic nitrogens is 2. The van der Waals surface area contributed by atoms with Crippen LogP contribution in [0, 0.1) is 0 Å². The number of benzene rings is 2. The Labute approximate surface area is 186 Å². The normalized spacial score (nSPS) is 10.4. The highest BCUT2D eigenvalue weighted by atomic mass is 16.5. The molecule has 0 saturated heterocycles. The molecule has 2 amide bonds. The topological polar surface area (TPSA) is 116 Å². The van der Waals surface area contributed by atoms with Crippen LogP contribution in [0.4, 0.5) is 5.69 Å². The van der Waals surface area contributed by atoms with Crippen molar-refractivity contribution in [3.8, 4) is 22.9 Å². The summed E-state index contributed by atoms with van der Waals surface area (Å²) in [6.07, 6.45) is 1.35. The first-order valence-corrected chi connectivity index (χ1v) is 10.3. The van der Waals surface area contributed by atoms with Crippen molar-refractivity contribution in [2.75, 3.05) is 25.6 Å². The molecule has 0 saturated carbocycles. The lowest BCUT2D eigenvalue weighted by molar-refractivity contribution is -0.123. The van der Waals surface area contributed by atoms with Crippen molar-refractivity contribution < 1.29 is 23.6 Å². The number of anilines is 1. The molecule has 1 aromatic heterocycles. The zero-order valence-electron chi connectivity index (χ0n) is 18.1. The molecular weight excluding hydrogens is 412 g/mol. The van der Waals surface area contributed by atoms with E-state index >= 15 is 0 Å². The quantitative estimate of drug-likeness (QED) is 0.472. The van der Waals surface area contributed by atoms with E-state index in [-0.39, 0.29) is 18.4 Å². The SMILES string of the molecule is CCNC(=O)COc1cccc(NC(=O)CCCc2nc(-c3ccc(OC)cc3)no2)c1. The Morgan fingerprint density at radius 2 is 1.88 bits per heavy atom. The van der Waals surface area contributed by atoms with Crippen LogP contribution in [0.25, 0.3) is 11.4 Å². The predicted octanol–water partition coefficient (Wildman–Crippen LogP) is 3.22. The van der Waals surface area contributed by atoms with Crippen LogP contribution in [0.3, 0.4) is 0 Å². The summed E-state index contributed by atoms with van der Waals surface area (Å²) in [7, 11) is 1.61. The first-order valence-electron chi connectivity index (χ1n) is 10.3. The summed E-state index contributed by atoms with van der Waals surface area (Å²) in [5.74, 6) is 1.90. The summed E-state index contributed by atoms with van der Waals surface area (Å²) < 4.78 is 15.9. The maximum Gasteiger partial charge on any atom is 0.257 e. The number of carbonyl (C=O) groups excluding carboxylic acids is 2. The van der Waals surface area contributed by atoms with Gasteiger partial charge in [0, 0.05) is 36.7 Å². The molecule has 0 aliphatic carbocycles. The first kappa shape index (κ1) is 22.8. The minimum absolute atomic E-state index is 0.0755. The van der Waals surface area contributed by atoms with E-state index in [1.54, 1.807) is 31.4 Å². The van der Waals surface area contributed by atoms with Crippen molar-refractivity contribution in [3.05, 3.63) is 54.4 Å². The largest absolute Gasteiger partial charge is 0.497 e. The lowest BCUT2D eigenvalue weighted by Crippen LogP contribution is -2.28. The number of aryl methyl sites for hydroxylation is 1. The van der Waals surface area contributed by atoms with Crippen LogP contribution in [-0.2, 0) is 16.0 Å². The highest BCUT2D eigenvalue weighted by molar-refractivity contribution is 5.90. The fourth-order valence-electron chi connectivity index (χ4n) is 2.90. The molecule has 0 aliphatic rings. The Balaban J connectivity index is 1.44. The number of rotatable bonds is 11. The van der Waals surface area contributed by atoms with Gasteiger partial charge in [-0.3, -0.25) is 9.59 Å². The van der Waals surface area contributed by atoms with Gasteiger partial charge < -0.3 is 24.6 Å². The summed E-state index contributed by atoms with van der Waals surface area (Å²) in [5, 5.41) is 9.47. The second kappa shape index (κ2) is 11.5. The fraction of sp³-hybridized carbons (Fsp3) is 0.304. The lowest BCUT2D eigenvalue weighted by atomic mass is 10.2. The van der Waals surface area contributed by atoms with Crippen molar-refractivity contribution in [2.24, 2.45) is 0 Å². The van der Waals surface area contributed by atoms with Crippen LogP contribution in [0.1, 0.15) is 25.7 Å². The zero-order chi connectivity index (χ0) is 22.8. The number of ether oxygens (including phenoxy) is 2. The molecule has 3 rings (SSSR count). The molecule has 32 heavy (non-hydrogen) atoms. The number of likely N-dealkylation sites (N-methyl/N-ethyl adjacent to an activating group) is 1. The molecule has 0 spiro atoms. The van der Waals surface area contributed by atoms with Crippen LogP contribution < -0.4 is 20.1 Å². The Kier molecular flexibility index (Phi) is 8.19. The number of amides is 2. The molecule has 1 heterocycles. The Hall–Kier alpha value is -3.88. The van der Waals surface area contributed by atoms with Gasteiger partial charge in [0.15, 0.2) is 6.61 Å². The number of carbonyl (C=O) groups is 2. The molecular formula is C23H26N4O5. The predicted molar refractivity (Wildman–Crippen MR) is 118 cm³/mol. The Morgan fingerprint density at radius 1 is 1.06 bits per heavy atom. The molecule has 2 N–H and O–H groups in total. The van der Waals surface area contributed by atoms with Gasteiger partial charge in [-0.15, -0.1) is 0 Å². The van der Waals surface area contributed by atoms with Gasteiger partial charge >= 0.3 is 0 Å². The van der Waals surface area contributed by atoms with Gasteiger partial charge in [0.2, 0.25) is 17.6 Å². The van der Waals surface area contributed by atoms with Crippen molar-refractivity contribution in [1.29, 1.82) is 0 Å². The summed E-state index contributed by atoms with van der Waals surface area (Å²) in [6, 6.07) is 14.3. The van der Waals surface area contributed by atoms with Crippen LogP contribution in [0.5, 0.6) is 11.5 Å². The van der Waals surface area contributed by atoms with E-state index in [0.29, 0.717) is 49.0 Å². The highest BCUT2D eigenvalue weighted by Crippen LogP contribution is 2.20. The zero-order valence-corrected chi connectivity index (χ0v) is 18.1. The highest BCUT2D eigenvalue weighted by Gasteiger charge is 2.10. The molecule has 2 aromatic carbocycles. The van der Waals surface area contributed by atoms with Crippen LogP contribution >= 0.6 is 0 Å². The third-order valence-electron chi connectivity index (χ3n) is 4.47. The van der Waals surface area contributed by atoms with Gasteiger partial charge in [0.1, 0.15) is 11.5 Å². The third kappa shape index (κ3) is 6.83. The lowest BCUT2D eigenvalue weighted by Gasteiger charge is -2.09. The number of hydrogen-bond donors (Lipinski definition) is 2. The van der Waals surface area contributed by atoms with Crippen LogP contribution in [0.2, 0.25) is 0 Å². The van der Waals surface area contributed by atoms with Gasteiger partial charge in [-0.25, -0.2) is 0 Å². The van der Waals surface area contributed by atoms with E-state index in [0.717, 1.165) is 11.3 Å². The van der Waals surface area contributed by atoms with Crippen molar-refractivity contribution in [3.63, 3.8) is 0 Å². The van der Waals surface area contributed by atoms with E-state index in [2.05, 4.69) is 20.8 Å². The molecule has 0 fully saturated rings. The molecule has 9 heteroatoms. The number of hydrogen-bond acceptors (Lipinski definition) is 7. The molecule has 0 bridgehead atoms. The molecule has 0 aliphatic heterocycles. The van der Waals surface area contributed by atoms with Gasteiger partial charge in [-0.2, -0.15) is 4.98 Å². The van der Waals surface area contributed by atoms with Gasteiger partial charge in [-0.1, -0.05) is 11.2 Å². The Morgan fingerprint density at radius 3 is 2.62 bits per heavy atom. The Bertz CT molecular complexity index is 1030. The molecule has 168 valence electrons. The monoisotopic (exact) mass is 438 g/mol. The smallest absolute Gasteiger partial charge is 0.257 e. The maximum atomic E-state index is 12.3. The van der Waals surface area contributed by atoms with E-state index in [1.165, 1.54) is 0 Å². The minimum Gasteiger partial charge on any atom is -0.497 e. The van der Waals surface area contributed by atoms with E-state index in [1.807, 2.05) is 31.2 Å². The molecule has 0 radical (unpaired) electrons. The van der Waals surface area contributed by atoms with Crippen LogP contribution in [-0.4, -0.2) is 42.2 Å². The number of nitrogens with one attached hydrogen (secondary N) is 2. The number of methoxy groups -OCH3 is 1. The standard InChI is InChI=1S/C23H26N4O5/c1-3-24-21(29)15-31-19-7-4-6-17(14-19)25-20(28)8-5-9-22-26-23(27-32-22)16-10-12-18(30-2)13-11-16/h4,6-7,10-14H,3,5,8-9,15H2,1-2H3,(H,24,29)(H,25,28). The first-order chi connectivity index (χ1) is 15.6. The molecule has 0 atom stereocenters. The van der Waals surface area contributed by atoms with E-state index in [4.69, 9.17) is 14.0 Å². The van der Waals surface area contributed by atoms with Crippen molar-refractivity contribution in [2.45, 2.75) is 26.2 Å². The minimum atomic E-state index is -0.196. The van der Waals surface area contributed by atoms with Gasteiger partial charge in [0.25, 0.3) is 5.91 Å². The van der Waals surface area contributed by atoms with Gasteiger partial charge in [0.05, 0.1) is 7.11 Å².